The van der Waals surface area contributed by atoms with E-state index in [9.17, 15) is 9.59 Å². The minimum atomic E-state index is -0.539. The molecule has 2 aromatic heterocycles. The summed E-state index contributed by atoms with van der Waals surface area (Å²) in [7, 11) is 0. The minimum Gasteiger partial charge on any atom is -0.484 e. The average molecular weight is 431 g/mol. The zero-order valence-corrected chi connectivity index (χ0v) is 17.3. The second kappa shape index (κ2) is 9.65. The predicted octanol–water partition coefficient (Wildman–Crippen LogP) is 4.55. The number of esters is 1. The zero-order chi connectivity index (χ0) is 22.3. The highest BCUT2D eigenvalue weighted by molar-refractivity contribution is 6.11. The Morgan fingerprint density at radius 1 is 0.969 bits per heavy atom. The Balaban J connectivity index is 1.40. The van der Waals surface area contributed by atoms with Crippen molar-refractivity contribution in [3.8, 4) is 17.4 Å². The van der Waals surface area contributed by atoms with Gasteiger partial charge in [0.25, 0.3) is 5.91 Å². The van der Waals surface area contributed by atoms with Crippen LogP contribution in [0.25, 0.3) is 10.9 Å². The number of pyridine rings is 1. The van der Waals surface area contributed by atoms with Crippen LogP contribution < -0.4 is 14.8 Å². The van der Waals surface area contributed by atoms with E-state index in [-0.39, 0.29) is 18.9 Å². The van der Waals surface area contributed by atoms with Gasteiger partial charge < -0.3 is 24.5 Å². The lowest BCUT2D eigenvalue weighted by atomic mass is 10.2. The van der Waals surface area contributed by atoms with Gasteiger partial charge in [-0.3, -0.25) is 4.79 Å². The number of nitrogens with one attached hydrogen (secondary N) is 2. The molecule has 2 N–H and O–H groups in total. The van der Waals surface area contributed by atoms with Crippen molar-refractivity contribution in [1.82, 2.24) is 9.97 Å². The summed E-state index contributed by atoms with van der Waals surface area (Å²) in [6.07, 6.45) is 1.65. The van der Waals surface area contributed by atoms with Gasteiger partial charge in [-0.15, -0.1) is 0 Å². The number of ether oxygens (including phenoxy) is 3. The van der Waals surface area contributed by atoms with Gasteiger partial charge in [-0.25, -0.2) is 9.78 Å². The molecule has 8 nitrogen and oxygen atoms in total. The number of H-pyrrole nitrogens is 1. The van der Waals surface area contributed by atoms with Crippen LogP contribution >= 0.6 is 0 Å². The Kier molecular flexibility index (Phi) is 6.31. The molecule has 0 unspecified atom stereocenters. The third-order valence-corrected chi connectivity index (χ3v) is 4.50. The maximum atomic E-state index is 12.5. The smallest absolute Gasteiger partial charge is 0.356 e. The fraction of sp³-hybridized carbons (Fsp3) is 0.125. The van der Waals surface area contributed by atoms with Crippen LogP contribution in [0.1, 0.15) is 17.4 Å². The third-order valence-electron chi connectivity index (χ3n) is 4.50. The number of fused-ring (bicyclic) bond motifs is 1. The van der Waals surface area contributed by atoms with E-state index in [0.29, 0.717) is 28.5 Å². The first-order valence-electron chi connectivity index (χ1n) is 10.0. The van der Waals surface area contributed by atoms with Gasteiger partial charge in [0.2, 0.25) is 5.88 Å². The van der Waals surface area contributed by atoms with Crippen LogP contribution in [0.4, 0.5) is 5.69 Å². The number of rotatable bonds is 8. The second-order valence-electron chi connectivity index (χ2n) is 6.72. The minimum absolute atomic E-state index is 0.192. The van der Waals surface area contributed by atoms with Crippen molar-refractivity contribution in [1.29, 1.82) is 0 Å². The predicted molar refractivity (Wildman–Crippen MR) is 119 cm³/mol. The molecule has 8 heteroatoms. The molecule has 0 radical (unpaired) electrons. The van der Waals surface area contributed by atoms with E-state index in [1.165, 1.54) is 0 Å². The molecule has 162 valence electrons. The number of anilines is 1. The molecule has 0 aliphatic heterocycles. The van der Waals surface area contributed by atoms with Crippen molar-refractivity contribution in [2.24, 2.45) is 0 Å². The van der Waals surface area contributed by atoms with Crippen molar-refractivity contribution < 1.29 is 23.8 Å². The number of hydrogen-bond acceptors (Lipinski definition) is 6. The molecule has 2 heterocycles. The molecule has 0 saturated carbocycles. The number of aromatic nitrogens is 2. The largest absolute Gasteiger partial charge is 0.484 e. The Bertz CT molecular complexity index is 1220. The normalized spacial score (nSPS) is 10.5. The first kappa shape index (κ1) is 20.9. The monoisotopic (exact) mass is 431 g/mol. The van der Waals surface area contributed by atoms with Gasteiger partial charge in [-0.2, -0.15) is 0 Å². The highest BCUT2D eigenvalue weighted by atomic mass is 16.5. The van der Waals surface area contributed by atoms with E-state index in [0.717, 1.165) is 5.52 Å². The van der Waals surface area contributed by atoms with E-state index in [1.807, 2.05) is 30.3 Å². The van der Waals surface area contributed by atoms with Gasteiger partial charge in [-0.1, -0.05) is 24.3 Å². The van der Waals surface area contributed by atoms with Crippen molar-refractivity contribution >= 4 is 28.5 Å². The Morgan fingerprint density at radius 2 is 1.72 bits per heavy atom. The van der Waals surface area contributed by atoms with E-state index >= 15 is 0 Å². The van der Waals surface area contributed by atoms with E-state index < -0.39 is 11.9 Å². The Morgan fingerprint density at radius 3 is 2.47 bits per heavy atom. The Labute approximate surface area is 184 Å². The van der Waals surface area contributed by atoms with Crippen LogP contribution in [0.5, 0.6) is 17.4 Å². The standard InChI is InChI=1S/C24H21N3O5/c1-2-30-24(29)23-22(18-7-3-4-8-19(18)26-23)27-20(28)15-31-16-10-12-17(13-11-16)32-21-9-5-6-14-25-21/h3-14,26H,2,15H2,1H3,(H,27,28). The molecule has 0 bridgehead atoms. The molecular formula is C24H21N3O5. The summed E-state index contributed by atoms with van der Waals surface area (Å²) in [5.74, 6) is 0.630. The third kappa shape index (κ3) is 4.86. The van der Waals surface area contributed by atoms with Crippen LogP contribution in [0, 0.1) is 0 Å². The highest BCUT2D eigenvalue weighted by Crippen LogP contribution is 2.28. The van der Waals surface area contributed by atoms with E-state index in [1.54, 1.807) is 49.5 Å². The quantitative estimate of drug-likeness (QED) is 0.397. The summed E-state index contributed by atoms with van der Waals surface area (Å²) >= 11 is 0. The molecule has 32 heavy (non-hydrogen) atoms. The number of hydrogen-bond donors (Lipinski definition) is 2. The van der Waals surface area contributed by atoms with Crippen LogP contribution in [0.3, 0.4) is 0 Å². The van der Waals surface area contributed by atoms with Gasteiger partial charge in [-0.05, 0) is 43.3 Å². The fourth-order valence-electron chi connectivity index (χ4n) is 3.08. The highest BCUT2D eigenvalue weighted by Gasteiger charge is 2.20. The second-order valence-corrected chi connectivity index (χ2v) is 6.72. The van der Waals surface area contributed by atoms with Gasteiger partial charge in [0, 0.05) is 23.2 Å². The van der Waals surface area contributed by atoms with Gasteiger partial charge in [0.1, 0.15) is 17.2 Å². The summed E-state index contributed by atoms with van der Waals surface area (Å²) in [6, 6.07) is 19.5. The summed E-state index contributed by atoms with van der Waals surface area (Å²) in [5, 5.41) is 3.47. The lowest BCUT2D eigenvalue weighted by molar-refractivity contribution is -0.118. The molecule has 1 amide bonds. The summed E-state index contributed by atoms with van der Waals surface area (Å²) < 4.78 is 16.3. The lowest BCUT2D eigenvalue weighted by Gasteiger charge is -2.09. The average Bonchev–Trinajstić information content (AvgIpc) is 3.18. The summed E-state index contributed by atoms with van der Waals surface area (Å²) in [4.78, 5) is 31.9. The molecular weight excluding hydrogens is 410 g/mol. The summed E-state index contributed by atoms with van der Waals surface area (Å²) in [6.45, 7) is 1.71. The fourth-order valence-corrected chi connectivity index (χ4v) is 3.08. The van der Waals surface area contributed by atoms with Gasteiger partial charge >= 0.3 is 5.97 Å². The number of aromatic amines is 1. The number of carbonyl (C=O) groups is 2. The number of carbonyl (C=O) groups excluding carboxylic acids is 2. The molecule has 4 rings (SSSR count). The number of nitrogens with zero attached hydrogens (tertiary/aromatic N) is 1. The van der Waals surface area contributed by atoms with Crippen LogP contribution in [0.15, 0.2) is 72.9 Å². The van der Waals surface area contributed by atoms with Crippen LogP contribution in [0.2, 0.25) is 0 Å². The van der Waals surface area contributed by atoms with Crippen molar-refractivity contribution in [2.75, 3.05) is 18.5 Å². The maximum Gasteiger partial charge on any atom is 0.356 e. The van der Waals surface area contributed by atoms with Crippen LogP contribution in [-0.2, 0) is 9.53 Å². The Hall–Kier alpha value is -4.33. The van der Waals surface area contributed by atoms with E-state index in [4.69, 9.17) is 14.2 Å². The molecule has 0 saturated heterocycles. The summed E-state index contributed by atoms with van der Waals surface area (Å²) in [5.41, 5.74) is 1.28. The molecule has 0 spiro atoms. The lowest BCUT2D eigenvalue weighted by Crippen LogP contribution is -2.21. The zero-order valence-electron chi connectivity index (χ0n) is 17.3. The molecule has 0 atom stereocenters. The molecule has 0 aliphatic rings. The van der Waals surface area contributed by atoms with Crippen LogP contribution in [-0.4, -0.2) is 35.1 Å². The van der Waals surface area contributed by atoms with Gasteiger partial charge in [0.05, 0.1) is 12.3 Å². The topological polar surface area (TPSA) is 103 Å². The SMILES string of the molecule is CCOC(=O)c1[nH]c2ccccc2c1NC(=O)COc1ccc(Oc2ccccn2)cc1. The molecule has 2 aromatic carbocycles. The molecule has 4 aromatic rings. The first-order chi connectivity index (χ1) is 15.6. The maximum absolute atomic E-state index is 12.5. The number of benzene rings is 2. The van der Waals surface area contributed by atoms with Crippen molar-refractivity contribution in [3.05, 3.63) is 78.6 Å². The number of para-hydroxylation sites is 1. The van der Waals surface area contributed by atoms with Crippen molar-refractivity contribution in [3.63, 3.8) is 0 Å². The molecule has 0 aliphatic carbocycles. The first-order valence-corrected chi connectivity index (χ1v) is 10.0. The number of amides is 1. The molecule has 0 fully saturated rings. The van der Waals surface area contributed by atoms with Crippen molar-refractivity contribution in [2.45, 2.75) is 6.92 Å². The van der Waals surface area contributed by atoms with E-state index in [2.05, 4.69) is 15.3 Å². The van der Waals surface area contributed by atoms with Gasteiger partial charge in [0.15, 0.2) is 6.61 Å².